The number of anilines is 1. The van der Waals surface area contributed by atoms with E-state index in [0.717, 1.165) is 28.1 Å². The summed E-state index contributed by atoms with van der Waals surface area (Å²) in [5.74, 6) is 0.0646. The Hall–Kier alpha value is -4.59. The Morgan fingerprint density at radius 1 is 0.769 bits per heavy atom. The Labute approximate surface area is 306 Å². The highest BCUT2D eigenvalue weighted by atomic mass is 16.6. The zero-order chi connectivity index (χ0) is 37.5. The van der Waals surface area contributed by atoms with Crippen molar-refractivity contribution in [2.24, 2.45) is 5.92 Å². The van der Waals surface area contributed by atoms with Gasteiger partial charge in [-0.25, -0.2) is 4.79 Å². The fourth-order valence-electron chi connectivity index (χ4n) is 5.91. The normalized spacial score (nSPS) is 13.6. The van der Waals surface area contributed by atoms with Crippen LogP contribution in [-0.2, 0) is 39.9 Å². The molecule has 0 fully saturated rings. The summed E-state index contributed by atoms with van der Waals surface area (Å²) in [5.41, 5.74) is 11.4. The molecule has 0 bridgehead atoms. The molecule has 2 amide bonds. The summed E-state index contributed by atoms with van der Waals surface area (Å²) in [5, 5.41) is 4.38. The van der Waals surface area contributed by atoms with Crippen LogP contribution < -0.4 is 21.2 Å². The number of carbonyl (C=O) groups excluding carboxylic acids is 5. The maximum atomic E-state index is 13.9. The Balaban J connectivity index is 1.35. The average molecular weight is 720 g/mol. The van der Waals surface area contributed by atoms with E-state index < -0.39 is 6.09 Å². The van der Waals surface area contributed by atoms with Crippen LogP contribution in [0, 0.1) is 5.92 Å². The third kappa shape index (κ3) is 12.0. The van der Waals surface area contributed by atoms with Gasteiger partial charge in [0.05, 0.1) is 56.1 Å². The lowest BCUT2D eigenvalue weighted by Gasteiger charge is -2.30. The lowest BCUT2D eigenvalue weighted by molar-refractivity contribution is -0.123. The Bertz CT molecular complexity index is 1590. The first-order valence-corrected chi connectivity index (χ1v) is 18.2. The number of ether oxygens (including phenoxy) is 3. The van der Waals surface area contributed by atoms with Gasteiger partial charge in [0, 0.05) is 62.3 Å². The number of carbonyl (C=O) groups is 5. The van der Waals surface area contributed by atoms with Gasteiger partial charge < -0.3 is 29.9 Å². The number of Topliss-reactive ketones (excluding diaryl/α,β-unsaturated/α-hetero) is 3. The maximum absolute atomic E-state index is 13.9. The van der Waals surface area contributed by atoms with Crippen molar-refractivity contribution in [3.63, 3.8) is 0 Å². The number of benzene rings is 2. The second-order valence-corrected chi connectivity index (χ2v) is 13.5. The van der Waals surface area contributed by atoms with Crippen molar-refractivity contribution in [1.29, 1.82) is 0 Å². The van der Waals surface area contributed by atoms with Gasteiger partial charge in [-0.15, -0.1) is 5.53 Å². The molecular formula is C39H53N5O8. The minimum atomic E-state index is -0.506. The molecule has 0 spiro atoms. The molecule has 2 aliphatic rings. The van der Waals surface area contributed by atoms with Gasteiger partial charge >= 0.3 is 6.09 Å². The van der Waals surface area contributed by atoms with E-state index in [1.165, 1.54) is 0 Å². The third-order valence-electron chi connectivity index (χ3n) is 8.63. The quantitative estimate of drug-likeness (QED) is 0.150. The summed E-state index contributed by atoms with van der Waals surface area (Å²) < 4.78 is 16.1. The van der Waals surface area contributed by atoms with Gasteiger partial charge in [0.15, 0.2) is 5.78 Å². The first-order chi connectivity index (χ1) is 25.0. The van der Waals surface area contributed by atoms with E-state index in [4.69, 9.17) is 14.2 Å². The third-order valence-corrected chi connectivity index (χ3v) is 8.63. The van der Waals surface area contributed by atoms with Crippen LogP contribution in [0.15, 0.2) is 48.5 Å². The molecular weight excluding hydrogens is 666 g/mol. The summed E-state index contributed by atoms with van der Waals surface area (Å²) in [6.45, 7) is 9.25. The fraction of sp³-hybridized carbons (Fsp3) is 0.513. The first kappa shape index (κ1) is 40.2. The number of hydrazine groups is 2. The number of alkyl carbamates (subject to hydrolysis) is 1. The van der Waals surface area contributed by atoms with Crippen molar-refractivity contribution in [2.45, 2.75) is 85.3 Å². The van der Waals surface area contributed by atoms with Gasteiger partial charge in [-0.3, -0.25) is 24.2 Å². The summed E-state index contributed by atoms with van der Waals surface area (Å²) in [7, 11) is 0. The van der Waals surface area contributed by atoms with Gasteiger partial charge in [-0.05, 0) is 38.3 Å². The minimum absolute atomic E-state index is 0.00406. The number of fused-ring (bicyclic) bond motifs is 4. The van der Waals surface area contributed by atoms with Crippen molar-refractivity contribution in [3.05, 3.63) is 65.2 Å². The number of para-hydroxylation sites is 1. The molecule has 2 aliphatic heterocycles. The van der Waals surface area contributed by atoms with E-state index >= 15 is 0 Å². The van der Waals surface area contributed by atoms with Gasteiger partial charge in [0.25, 0.3) is 0 Å². The zero-order valence-electron chi connectivity index (χ0n) is 30.8. The molecule has 0 aliphatic carbocycles. The molecule has 3 N–H and O–H groups in total. The molecule has 4 rings (SSSR count). The Morgan fingerprint density at radius 3 is 2.23 bits per heavy atom. The smallest absolute Gasteiger partial charge is 0.407 e. The molecule has 0 unspecified atom stereocenters. The van der Waals surface area contributed by atoms with Crippen molar-refractivity contribution in [2.75, 3.05) is 44.4 Å². The summed E-state index contributed by atoms with van der Waals surface area (Å²) in [6, 6.07) is 15.5. The molecule has 0 aromatic heterocycles. The van der Waals surface area contributed by atoms with Crippen LogP contribution in [0.3, 0.4) is 0 Å². The summed E-state index contributed by atoms with van der Waals surface area (Å²) >= 11 is 0. The first-order valence-electron chi connectivity index (χ1n) is 18.2. The Kier molecular flexibility index (Phi) is 15.8. The molecule has 52 heavy (non-hydrogen) atoms. The number of ketones is 3. The molecule has 0 saturated heterocycles. The number of hydrogen-bond acceptors (Lipinski definition) is 11. The average Bonchev–Trinajstić information content (AvgIpc) is 3.51. The van der Waals surface area contributed by atoms with Crippen LogP contribution in [0.5, 0.6) is 0 Å². The van der Waals surface area contributed by atoms with Gasteiger partial charge in [0.1, 0.15) is 11.6 Å². The standard InChI is InChI=1S/C39H53N5O8/c1-27(2)35(47)19-23-50-21-10-13-31(46)26-44-38-33-15-7-8-16-34(33)43(25-29-11-5-6-14-32(29)37(38)41-42-44)36(48)17-9-12-30(45)18-22-51-24-20-40-39(49)52-28(3)4/h5-8,11,14-16,27-28,41-42H,9-10,12-13,17-26H2,1-4H3,(H,40,49). The molecule has 282 valence electrons. The van der Waals surface area contributed by atoms with Crippen LogP contribution in [0.1, 0.15) is 89.3 Å². The molecule has 2 aromatic rings. The molecule has 2 heterocycles. The molecule has 13 nitrogen and oxygen atoms in total. The zero-order valence-corrected chi connectivity index (χ0v) is 30.8. The van der Waals surface area contributed by atoms with Crippen LogP contribution >= 0.6 is 0 Å². The Morgan fingerprint density at radius 2 is 1.46 bits per heavy atom. The van der Waals surface area contributed by atoms with Gasteiger partial charge in [-0.1, -0.05) is 56.3 Å². The van der Waals surface area contributed by atoms with Crippen molar-refractivity contribution < 1.29 is 38.2 Å². The van der Waals surface area contributed by atoms with Crippen molar-refractivity contribution >= 4 is 46.4 Å². The molecule has 2 aromatic carbocycles. The van der Waals surface area contributed by atoms with E-state index in [1.807, 2.05) is 62.4 Å². The molecule has 0 atom stereocenters. The maximum Gasteiger partial charge on any atom is 0.407 e. The predicted molar refractivity (Wildman–Crippen MR) is 197 cm³/mol. The van der Waals surface area contributed by atoms with E-state index in [9.17, 15) is 24.0 Å². The van der Waals surface area contributed by atoms with E-state index in [2.05, 4.69) is 16.3 Å². The monoisotopic (exact) mass is 719 g/mol. The summed E-state index contributed by atoms with van der Waals surface area (Å²) in [6.07, 6.45) is 1.59. The highest BCUT2D eigenvalue weighted by Crippen LogP contribution is 2.40. The molecule has 0 saturated carbocycles. The van der Waals surface area contributed by atoms with Crippen molar-refractivity contribution in [3.8, 4) is 0 Å². The lowest BCUT2D eigenvalue weighted by atomic mass is 9.95. The summed E-state index contributed by atoms with van der Waals surface area (Å²) in [4.78, 5) is 64.7. The SMILES string of the molecule is CC(C)OC(=O)NCCOCCC(=O)CCCC(=O)N1Cc2ccccc2C2=C(c3ccccc31)N(CC(=O)CCCOCCC(=O)C(C)C)NN2. The molecule has 0 radical (unpaired) electrons. The second-order valence-electron chi connectivity index (χ2n) is 13.5. The molecule has 13 heteroatoms. The highest BCUT2D eigenvalue weighted by Gasteiger charge is 2.33. The van der Waals surface area contributed by atoms with E-state index in [1.54, 1.807) is 23.8 Å². The minimum Gasteiger partial charge on any atom is -0.447 e. The van der Waals surface area contributed by atoms with Crippen LogP contribution in [0.4, 0.5) is 10.5 Å². The number of nitrogens with one attached hydrogen (secondary N) is 3. The number of hydrogen-bond donors (Lipinski definition) is 3. The van der Waals surface area contributed by atoms with Crippen LogP contribution in [0.25, 0.3) is 11.4 Å². The largest absolute Gasteiger partial charge is 0.447 e. The van der Waals surface area contributed by atoms with Crippen LogP contribution in [-0.4, -0.2) is 80.0 Å². The topological polar surface area (TPSA) is 156 Å². The van der Waals surface area contributed by atoms with Gasteiger partial charge in [0.2, 0.25) is 5.91 Å². The van der Waals surface area contributed by atoms with Crippen molar-refractivity contribution in [1.82, 2.24) is 21.3 Å². The fourth-order valence-corrected chi connectivity index (χ4v) is 5.91. The number of rotatable bonds is 21. The number of amides is 2. The second kappa shape index (κ2) is 20.4. The number of nitrogens with zero attached hydrogens (tertiary/aromatic N) is 2. The van der Waals surface area contributed by atoms with Gasteiger partial charge in [-0.2, -0.15) is 0 Å². The van der Waals surface area contributed by atoms with Crippen LogP contribution in [0.2, 0.25) is 0 Å². The predicted octanol–water partition coefficient (Wildman–Crippen LogP) is 4.95. The van der Waals surface area contributed by atoms with E-state index in [-0.39, 0.29) is 80.8 Å². The lowest BCUT2D eigenvalue weighted by Crippen LogP contribution is -2.40. The highest BCUT2D eigenvalue weighted by molar-refractivity contribution is 6.02. The van der Waals surface area contributed by atoms with E-state index in [0.29, 0.717) is 51.1 Å².